The maximum Gasteiger partial charge on any atom is 0.0583 e. The van der Waals surface area contributed by atoms with Gasteiger partial charge >= 0.3 is 0 Å². The van der Waals surface area contributed by atoms with E-state index in [9.17, 15) is 0 Å². The van der Waals surface area contributed by atoms with Gasteiger partial charge in [-0.2, -0.15) is 0 Å². The molecule has 4 unspecified atom stereocenters. The van der Waals surface area contributed by atoms with Gasteiger partial charge in [0.05, 0.1) is 12.2 Å². The summed E-state index contributed by atoms with van der Waals surface area (Å²) in [5.74, 6) is 1.46. The van der Waals surface area contributed by atoms with Crippen LogP contribution < -0.4 is 5.32 Å². The third-order valence-electron chi connectivity index (χ3n) is 4.07. The Morgan fingerprint density at radius 2 is 1.94 bits per heavy atom. The van der Waals surface area contributed by atoms with Crippen LogP contribution in [0.3, 0.4) is 0 Å². The fourth-order valence-corrected chi connectivity index (χ4v) is 2.94. The molecule has 1 N–H and O–H groups in total. The summed E-state index contributed by atoms with van der Waals surface area (Å²) in [6, 6.07) is 0.606. The van der Waals surface area contributed by atoms with E-state index in [1.54, 1.807) is 0 Å². The first-order valence-electron chi connectivity index (χ1n) is 7.43. The van der Waals surface area contributed by atoms with E-state index in [1.807, 2.05) is 0 Å². The topological polar surface area (TPSA) is 21.3 Å². The van der Waals surface area contributed by atoms with Crippen molar-refractivity contribution in [2.24, 2.45) is 11.8 Å². The molecule has 1 rings (SSSR count). The Morgan fingerprint density at radius 1 is 1.24 bits per heavy atom. The molecule has 1 aliphatic heterocycles. The van der Waals surface area contributed by atoms with E-state index in [2.05, 4.69) is 39.9 Å². The fraction of sp³-hybridized carbons (Fsp3) is 1.00. The lowest BCUT2D eigenvalue weighted by Crippen LogP contribution is -2.38. The van der Waals surface area contributed by atoms with Crippen LogP contribution in [-0.2, 0) is 4.74 Å². The molecule has 0 saturated carbocycles. The zero-order chi connectivity index (χ0) is 12.8. The van der Waals surface area contributed by atoms with Gasteiger partial charge in [0.25, 0.3) is 0 Å². The molecule has 0 aromatic carbocycles. The smallest absolute Gasteiger partial charge is 0.0583 e. The van der Waals surface area contributed by atoms with Crippen LogP contribution >= 0.6 is 0 Å². The minimum atomic E-state index is 0.478. The second-order valence-corrected chi connectivity index (χ2v) is 6.03. The molecule has 0 aliphatic carbocycles. The predicted molar refractivity (Wildman–Crippen MR) is 74.3 cm³/mol. The third-order valence-corrected chi connectivity index (χ3v) is 4.07. The van der Waals surface area contributed by atoms with Crippen molar-refractivity contribution in [3.63, 3.8) is 0 Å². The first-order chi connectivity index (χ1) is 8.04. The van der Waals surface area contributed by atoms with Crippen LogP contribution in [0.5, 0.6) is 0 Å². The number of hydrogen-bond acceptors (Lipinski definition) is 2. The summed E-state index contributed by atoms with van der Waals surface area (Å²) in [6.45, 7) is 12.6. The molecule has 102 valence electrons. The van der Waals surface area contributed by atoms with Crippen molar-refractivity contribution >= 4 is 0 Å². The summed E-state index contributed by atoms with van der Waals surface area (Å²) in [7, 11) is 0. The molecule has 0 bridgehead atoms. The molecular formula is C15H31NO. The molecule has 0 aromatic rings. The van der Waals surface area contributed by atoms with Crippen molar-refractivity contribution in [2.45, 2.75) is 78.6 Å². The predicted octanol–water partition coefficient (Wildman–Crippen LogP) is 3.60. The summed E-state index contributed by atoms with van der Waals surface area (Å²) < 4.78 is 5.97. The van der Waals surface area contributed by atoms with Crippen LogP contribution in [0.4, 0.5) is 0 Å². The summed E-state index contributed by atoms with van der Waals surface area (Å²) in [6.07, 6.45) is 5.92. The molecule has 2 nitrogen and oxygen atoms in total. The van der Waals surface area contributed by atoms with Crippen molar-refractivity contribution < 1.29 is 4.74 Å². The van der Waals surface area contributed by atoms with Crippen LogP contribution in [0.25, 0.3) is 0 Å². The first-order valence-corrected chi connectivity index (χ1v) is 7.43. The van der Waals surface area contributed by atoms with E-state index < -0.39 is 0 Å². The molecular weight excluding hydrogens is 210 g/mol. The summed E-state index contributed by atoms with van der Waals surface area (Å²) in [5, 5.41) is 3.64. The summed E-state index contributed by atoms with van der Waals surface area (Å²) in [5.41, 5.74) is 0. The lowest BCUT2D eigenvalue weighted by molar-refractivity contribution is 0.0315. The number of ether oxygens (including phenoxy) is 1. The van der Waals surface area contributed by atoms with Gasteiger partial charge in [-0.3, -0.25) is 0 Å². The Morgan fingerprint density at radius 3 is 2.41 bits per heavy atom. The number of rotatable bonds is 7. The highest BCUT2D eigenvalue weighted by atomic mass is 16.5. The van der Waals surface area contributed by atoms with Crippen molar-refractivity contribution in [2.75, 3.05) is 6.54 Å². The molecule has 4 atom stereocenters. The van der Waals surface area contributed by atoms with Crippen LogP contribution in [0.2, 0.25) is 0 Å². The van der Waals surface area contributed by atoms with Crippen LogP contribution in [0.15, 0.2) is 0 Å². The maximum absolute atomic E-state index is 5.97. The minimum Gasteiger partial charge on any atom is -0.375 e. The fourth-order valence-electron chi connectivity index (χ4n) is 2.94. The van der Waals surface area contributed by atoms with Crippen molar-refractivity contribution in [1.29, 1.82) is 0 Å². The molecule has 0 aromatic heterocycles. The molecule has 1 saturated heterocycles. The Hall–Kier alpha value is -0.0800. The highest BCUT2D eigenvalue weighted by Gasteiger charge is 2.28. The highest BCUT2D eigenvalue weighted by Crippen LogP contribution is 2.29. The molecule has 0 amide bonds. The zero-order valence-electron chi connectivity index (χ0n) is 12.3. The third kappa shape index (κ3) is 4.97. The second-order valence-electron chi connectivity index (χ2n) is 6.03. The van der Waals surface area contributed by atoms with E-state index in [0.717, 1.165) is 18.4 Å². The average molecular weight is 241 g/mol. The van der Waals surface area contributed by atoms with Crippen molar-refractivity contribution in [3.8, 4) is 0 Å². The highest BCUT2D eigenvalue weighted by molar-refractivity contribution is 4.81. The average Bonchev–Trinajstić information content (AvgIpc) is 2.68. The van der Waals surface area contributed by atoms with Gasteiger partial charge in [-0.1, -0.05) is 20.8 Å². The number of hydrogen-bond donors (Lipinski definition) is 1. The van der Waals surface area contributed by atoms with E-state index in [1.165, 1.54) is 25.7 Å². The SMILES string of the molecule is CCCNC(C)C(CC1CCC(C)O1)C(C)C. The number of nitrogens with one attached hydrogen (secondary N) is 1. The minimum absolute atomic E-state index is 0.478. The van der Waals surface area contributed by atoms with Gasteiger partial charge in [0.1, 0.15) is 0 Å². The molecule has 0 radical (unpaired) electrons. The van der Waals surface area contributed by atoms with Crippen LogP contribution in [-0.4, -0.2) is 24.8 Å². The van der Waals surface area contributed by atoms with Crippen molar-refractivity contribution in [1.82, 2.24) is 5.32 Å². The van der Waals surface area contributed by atoms with E-state index in [4.69, 9.17) is 4.74 Å². The lowest BCUT2D eigenvalue weighted by atomic mass is 9.84. The van der Waals surface area contributed by atoms with Gasteiger partial charge in [0.2, 0.25) is 0 Å². The van der Waals surface area contributed by atoms with Gasteiger partial charge < -0.3 is 10.1 Å². The standard InChI is InChI=1S/C15H31NO/c1-6-9-16-13(5)15(11(2)3)10-14-8-7-12(4)17-14/h11-16H,6-10H2,1-5H3. The molecule has 1 aliphatic rings. The Labute approximate surface area is 108 Å². The zero-order valence-corrected chi connectivity index (χ0v) is 12.3. The van der Waals surface area contributed by atoms with Crippen molar-refractivity contribution in [3.05, 3.63) is 0 Å². The largest absolute Gasteiger partial charge is 0.375 e. The Bertz CT molecular complexity index is 205. The van der Waals surface area contributed by atoms with Crippen LogP contribution in [0, 0.1) is 11.8 Å². The maximum atomic E-state index is 5.97. The first kappa shape index (κ1) is 15.0. The molecule has 2 heteroatoms. The quantitative estimate of drug-likeness (QED) is 0.735. The summed E-state index contributed by atoms with van der Waals surface area (Å²) >= 11 is 0. The Balaban J connectivity index is 2.42. The van der Waals surface area contributed by atoms with E-state index in [0.29, 0.717) is 18.2 Å². The van der Waals surface area contributed by atoms with Gasteiger partial charge in [0, 0.05) is 6.04 Å². The van der Waals surface area contributed by atoms with E-state index >= 15 is 0 Å². The van der Waals surface area contributed by atoms with Gasteiger partial charge in [-0.05, 0) is 57.9 Å². The van der Waals surface area contributed by atoms with Gasteiger partial charge in [-0.15, -0.1) is 0 Å². The Kier molecular flexibility index (Phi) is 6.50. The monoisotopic (exact) mass is 241 g/mol. The molecule has 1 fully saturated rings. The van der Waals surface area contributed by atoms with Crippen LogP contribution in [0.1, 0.15) is 60.3 Å². The van der Waals surface area contributed by atoms with E-state index in [-0.39, 0.29) is 0 Å². The van der Waals surface area contributed by atoms with Gasteiger partial charge in [0.15, 0.2) is 0 Å². The molecule has 0 spiro atoms. The molecule has 1 heterocycles. The normalized spacial score (nSPS) is 28.6. The van der Waals surface area contributed by atoms with Gasteiger partial charge in [-0.25, -0.2) is 0 Å². The lowest BCUT2D eigenvalue weighted by Gasteiger charge is -2.30. The second kappa shape index (κ2) is 7.38. The molecule has 17 heavy (non-hydrogen) atoms. The summed E-state index contributed by atoms with van der Waals surface area (Å²) in [4.78, 5) is 0.